The van der Waals surface area contributed by atoms with Crippen molar-refractivity contribution in [1.29, 1.82) is 0 Å². The quantitative estimate of drug-likeness (QED) is 0.485. The van der Waals surface area contributed by atoms with Gasteiger partial charge < -0.3 is 15.1 Å². The number of amides is 2. The van der Waals surface area contributed by atoms with Crippen LogP contribution in [0.4, 0.5) is 0 Å². The molecule has 1 aliphatic heterocycles. The summed E-state index contributed by atoms with van der Waals surface area (Å²) in [6.45, 7) is 5.72. The molecule has 86 valence electrons. The third-order valence-electron chi connectivity index (χ3n) is 2.51. The lowest BCUT2D eigenvalue weighted by atomic mass is 10.3. The van der Waals surface area contributed by atoms with E-state index in [1.807, 2.05) is 0 Å². The van der Waals surface area contributed by atoms with Gasteiger partial charge in [-0.1, -0.05) is 6.92 Å². The van der Waals surface area contributed by atoms with E-state index in [1.165, 1.54) is 4.90 Å². The lowest BCUT2D eigenvalue weighted by Crippen LogP contribution is -2.54. The maximum absolute atomic E-state index is 11.5. The van der Waals surface area contributed by atoms with Gasteiger partial charge in [0.05, 0.1) is 0 Å². The monoisotopic (exact) mass is 213 g/mol. The van der Waals surface area contributed by atoms with Crippen molar-refractivity contribution in [2.24, 2.45) is 0 Å². The smallest absolute Gasteiger partial charge is 0.312 e. The summed E-state index contributed by atoms with van der Waals surface area (Å²) in [5, 5.41) is 3.21. The molecule has 0 aromatic heterocycles. The Labute approximate surface area is 90.4 Å². The van der Waals surface area contributed by atoms with Crippen molar-refractivity contribution in [3.63, 3.8) is 0 Å². The van der Waals surface area contributed by atoms with Crippen LogP contribution in [0.25, 0.3) is 0 Å². The lowest BCUT2D eigenvalue weighted by molar-refractivity contribution is -0.154. The molecule has 0 radical (unpaired) electrons. The van der Waals surface area contributed by atoms with Gasteiger partial charge in [-0.3, -0.25) is 9.59 Å². The summed E-state index contributed by atoms with van der Waals surface area (Å²) in [6, 6.07) is 0. The van der Waals surface area contributed by atoms with E-state index < -0.39 is 5.91 Å². The van der Waals surface area contributed by atoms with Crippen molar-refractivity contribution >= 4 is 11.8 Å². The summed E-state index contributed by atoms with van der Waals surface area (Å²) in [7, 11) is 1.66. The van der Waals surface area contributed by atoms with Gasteiger partial charge in [0.15, 0.2) is 0 Å². The second kappa shape index (κ2) is 5.70. The Balaban J connectivity index is 2.30. The summed E-state index contributed by atoms with van der Waals surface area (Å²) in [5.41, 5.74) is 0. The minimum atomic E-state index is -0.392. The second-order valence-electron chi connectivity index (χ2n) is 3.77. The average molecular weight is 213 g/mol. The molecular weight excluding hydrogens is 194 g/mol. The Kier molecular flexibility index (Phi) is 4.55. The van der Waals surface area contributed by atoms with Crippen LogP contribution in [-0.2, 0) is 9.59 Å². The van der Waals surface area contributed by atoms with Crippen molar-refractivity contribution in [3.8, 4) is 0 Å². The van der Waals surface area contributed by atoms with Crippen LogP contribution in [0.1, 0.15) is 13.3 Å². The van der Waals surface area contributed by atoms with E-state index in [4.69, 9.17) is 0 Å². The van der Waals surface area contributed by atoms with Gasteiger partial charge in [0.1, 0.15) is 0 Å². The van der Waals surface area contributed by atoms with Crippen LogP contribution in [0.2, 0.25) is 0 Å². The summed E-state index contributed by atoms with van der Waals surface area (Å²) in [6.07, 6.45) is 1.08. The molecule has 2 amide bonds. The van der Waals surface area contributed by atoms with E-state index in [1.54, 1.807) is 11.9 Å². The van der Waals surface area contributed by atoms with Gasteiger partial charge in [-0.05, 0) is 13.0 Å². The number of rotatable bonds is 5. The fraction of sp³-hybridized carbons (Fsp3) is 0.800. The zero-order valence-corrected chi connectivity index (χ0v) is 9.45. The topological polar surface area (TPSA) is 52.6 Å². The highest BCUT2D eigenvalue weighted by Crippen LogP contribution is 2.01. The maximum Gasteiger partial charge on any atom is 0.312 e. The SMILES string of the molecule is CCCNCCN1CCN(C)C(=O)C1=O. The van der Waals surface area contributed by atoms with E-state index in [0.29, 0.717) is 19.6 Å². The van der Waals surface area contributed by atoms with Crippen LogP contribution in [0.15, 0.2) is 0 Å². The molecule has 0 bridgehead atoms. The number of hydrogen-bond donors (Lipinski definition) is 1. The summed E-state index contributed by atoms with van der Waals surface area (Å²) in [5.74, 6) is -0.765. The highest BCUT2D eigenvalue weighted by atomic mass is 16.2. The van der Waals surface area contributed by atoms with Gasteiger partial charge >= 0.3 is 11.8 Å². The second-order valence-corrected chi connectivity index (χ2v) is 3.77. The first-order valence-electron chi connectivity index (χ1n) is 5.42. The first-order valence-corrected chi connectivity index (χ1v) is 5.42. The molecular formula is C10H19N3O2. The predicted octanol–water partition coefficient (Wildman–Crippen LogP) is -0.713. The van der Waals surface area contributed by atoms with E-state index in [2.05, 4.69) is 12.2 Å². The van der Waals surface area contributed by atoms with Crippen molar-refractivity contribution in [1.82, 2.24) is 15.1 Å². The molecule has 0 spiro atoms. The number of nitrogens with one attached hydrogen (secondary N) is 1. The number of piperazine rings is 1. The molecule has 1 saturated heterocycles. The van der Waals surface area contributed by atoms with E-state index in [0.717, 1.165) is 19.5 Å². The van der Waals surface area contributed by atoms with Gasteiger partial charge in [0.25, 0.3) is 0 Å². The van der Waals surface area contributed by atoms with Crippen molar-refractivity contribution < 1.29 is 9.59 Å². The van der Waals surface area contributed by atoms with Crippen LogP contribution in [0.3, 0.4) is 0 Å². The zero-order valence-electron chi connectivity index (χ0n) is 9.45. The highest BCUT2D eigenvalue weighted by Gasteiger charge is 2.29. The molecule has 1 aliphatic rings. The highest BCUT2D eigenvalue weighted by molar-refractivity contribution is 6.35. The van der Waals surface area contributed by atoms with Crippen LogP contribution in [-0.4, -0.2) is 61.4 Å². The van der Waals surface area contributed by atoms with Gasteiger partial charge in [0.2, 0.25) is 0 Å². The minimum absolute atomic E-state index is 0.373. The number of carbonyl (C=O) groups is 2. The number of likely N-dealkylation sites (N-methyl/N-ethyl adjacent to an activating group) is 1. The van der Waals surface area contributed by atoms with Crippen molar-refractivity contribution in [3.05, 3.63) is 0 Å². The van der Waals surface area contributed by atoms with Crippen LogP contribution < -0.4 is 5.32 Å². The first kappa shape index (κ1) is 12.0. The van der Waals surface area contributed by atoms with Crippen molar-refractivity contribution in [2.75, 3.05) is 39.8 Å². The summed E-state index contributed by atoms with van der Waals surface area (Å²) >= 11 is 0. The van der Waals surface area contributed by atoms with Gasteiger partial charge in [-0.2, -0.15) is 0 Å². The Hall–Kier alpha value is -1.10. The van der Waals surface area contributed by atoms with E-state index in [-0.39, 0.29) is 5.91 Å². The fourth-order valence-corrected chi connectivity index (χ4v) is 1.50. The zero-order chi connectivity index (χ0) is 11.3. The average Bonchev–Trinajstić information content (AvgIpc) is 2.24. The Morgan fingerprint density at radius 1 is 1.20 bits per heavy atom. The molecule has 1 N–H and O–H groups in total. The molecule has 0 aromatic rings. The number of carbonyl (C=O) groups excluding carboxylic acids is 2. The van der Waals surface area contributed by atoms with Crippen LogP contribution in [0, 0.1) is 0 Å². The first-order chi connectivity index (χ1) is 7.16. The summed E-state index contributed by atoms with van der Waals surface area (Å²) in [4.78, 5) is 25.9. The lowest BCUT2D eigenvalue weighted by Gasteiger charge is -2.31. The predicted molar refractivity (Wildman–Crippen MR) is 57.4 cm³/mol. The third kappa shape index (κ3) is 3.20. The molecule has 0 unspecified atom stereocenters. The Bertz CT molecular complexity index is 243. The molecule has 5 heteroatoms. The van der Waals surface area contributed by atoms with E-state index in [9.17, 15) is 9.59 Å². The third-order valence-corrected chi connectivity index (χ3v) is 2.51. The van der Waals surface area contributed by atoms with E-state index >= 15 is 0 Å². The standard InChI is InChI=1S/C10H19N3O2/c1-3-4-11-5-6-13-8-7-12(2)9(14)10(13)15/h11H,3-8H2,1-2H3. The Morgan fingerprint density at radius 3 is 2.60 bits per heavy atom. The van der Waals surface area contributed by atoms with Crippen LogP contribution >= 0.6 is 0 Å². The molecule has 0 aliphatic carbocycles. The molecule has 0 aromatic carbocycles. The molecule has 1 heterocycles. The summed E-state index contributed by atoms with van der Waals surface area (Å²) < 4.78 is 0. The van der Waals surface area contributed by atoms with Gasteiger partial charge in [-0.15, -0.1) is 0 Å². The number of hydrogen-bond acceptors (Lipinski definition) is 3. The largest absolute Gasteiger partial charge is 0.336 e. The molecule has 0 atom stereocenters. The van der Waals surface area contributed by atoms with Crippen LogP contribution in [0.5, 0.6) is 0 Å². The molecule has 0 saturated carbocycles. The molecule has 5 nitrogen and oxygen atoms in total. The molecule has 15 heavy (non-hydrogen) atoms. The Morgan fingerprint density at radius 2 is 1.93 bits per heavy atom. The molecule has 1 fully saturated rings. The fourth-order valence-electron chi connectivity index (χ4n) is 1.50. The minimum Gasteiger partial charge on any atom is -0.336 e. The maximum atomic E-state index is 11.5. The number of nitrogens with zero attached hydrogens (tertiary/aromatic N) is 2. The molecule has 1 rings (SSSR count). The van der Waals surface area contributed by atoms with Gasteiger partial charge in [-0.25, -0.2) is 0 Å². The normalized spacial score (nSPS) is 17.5. The van der Waals surface area contributed by atoms with Gasteiger partial charge in [0, 0.05) is 33.2 Å². The van der Waals surface area contributed by atoms with Crippen molar-refractivity contribution in [2.45, 2.75) is 13.3 Å².